The van der Waals surface area contributed by atoms with Gasteiger partial charge in [0.25, 0.3) is 0 Å². The molecule has 1 aliphatic carbocycles. The number of aromatic nitrogens is 3. The van der Waals surface area contributed by atoms with Gasteiger partial charge in [0.15, 0.2) is 5.13 Å². The van der Waals surface area contributed by atoms with E-state index in [2.05, 4.69) is 25.8 Å². The van der Waals surface area contributed by atoms with E-state index >= 15 is 0 Å². The van der Waals surface area contributed by atoms with Crippen LogP contribution in [-0.2, 0) is 6.54 Å². The second-order valence-corrected chi connectivity index (χ2v) is 9.92. The number of anilines is 1. The van der Waals surface area contributed by atoms with Crippen molar-refractivity contribution in [2.75, 3.05) is 25.5 Å². The Morgan fingerprint density at radius 1 is 1.26 bits per heavy atom. The van der Waals surface area contributed by atoms with Gasteiger partial charge in [-0.15, -0.1) is 0 Å². The predicted octanol–water partition coefficient (Wildman–Crippen LogP) is 5.44. The third kappa shape index (κ3) is 4.92. The van der Waals surface area contributed by atoms with Crippen LogP contribution >= 0.6 is 34.5 Å². The van der Waals surface area contributed by atoms with E-state index in [1.54, 1.807) is 18.5 Å². The van der Waals surface area contributed by atoms with Crippen LogP contribution < -0.4 is 15.4 Å². The minimum atomic E-state index is -1.01. The van der Waals surface area contributed by atoms with Crippen LogP contribution in [0, 0.1) is 0 Å². The van der Waals surface area contributed by atoms with Gasteiger partial charge in [-0.05, 0) is 25.0 Å². The number of methoxy groups -OCH3 is 1. The minimum Gasteiger partial charge on any atom is -0.494 e. The van der Waals surface area contributed by atoms with Crippen molar-refractivity contribution in [3.05, 3.63) is 51.5 Å². The molecule has 4 aromatic rings. The number of carbonyl (C=O) groups is 1. The molecule has 1 saturated carbocycles. The first-order valence-electron chi connectivity index (χ1n) is 10.9. The van der Waals surface area contributed by atoms with Crippen molar-refractivity contribution < 1.29 is 19.2 Å². The second-order valence-electron chi connectivity index (χ2n) is 8.08. The largest absolute Gasteiger partial charge is 0.494 e. The average Bonchev–Trinajstić information content (AvgIpc) is 3.46. The molecule has 3 heterocycles. The summed E-state index contributed by atoms with van der Waals surface area (Å²) in [6.07, 6.45) is 5.24. The molecule has 0 aliphatic heterocycles. The summed E-state index contributed by atoms with van der Waals surface area (Å²) in [4.78, 5) is 19.9. The number of nitrogens with zero attached hydrogens (tertiary/aromatic N) is 3. The zero-order valence-corrected chi connectivity index (χ0v) is 20.9. The molecule has 5 rings (SSSR count). The van der Waals surface area contributed by atoms with Gasteiger partial charge in [0.05, 0.1) is 27.4 Å². The van der Waals surface area contributed by atoms with Crippen LogP contribution in [0.2, 0.25) is 10.0 Å². The maximum atomic E-state index is 11.4. The second kappa shape index (κ2) is 9.98. The van der Waals surface area contributed by atoms with E-state index in [-0.39, 0.29) is 5.56 Å². The third-order valence-electron chi connectivity index (χ3n) is 5.66. The number of hydrogen-bond acceptors (Lipinski definition) is 9. The van der Waals surface area contributed by atoms with Gasteiger partial charge in [-0.2, -0.15) is 0 Å². The van der Waals surface area contributed by atoms with Gasteiger partial charge in [-0.1, -0.05) is 39.7 Å². The number of fused-ring (bicyclic) bond motifs is 1. The van der Waals surface area contributed by atoms with Gasteiger partial charge in [0.2, 0.25) is 0 Å². The Hall–Kier alpha value is -2.92. The summed E-state index contributed by atoms with van der Waals surface area (Å²) in [5.41, 5.74) is 3.01. The van der Waals surface area contributed by atoms with Crippen molar-refractivity contribution in [1.29, 1.82) is 0 Å². The molecule has 12 heteroatoms. The van der Waals surface area contributed by atoms with Crippen molar-refractivity contribution >= 4 is 55.9 Å². The molecular formula is C23H21Cl2N5O4S. The van der Waals surface area contributed by atoms with E-state index in [9.17, 15) is 9.90 Å². The molecule has 1 fully saturated rings. The van der Waals surface area contributed by atoms with Crippen molar-refractivity contribution in [3.63, 3.8) is 0 Å². The Morgan fingerprint density at radius 3 is 2.71 bits per heavy atom. The average molecular weight is 534 g/mol. The number of ether oxygens (including phenoxy) is 1. The van der Waals surface area contributed by atoms with Crippen LogP contribution in [0.3, 0.4) is 0 Å². The summed E-state index contributed by atoms with van der Waals surface area (Å²) >= 11 is 14.1. The molecular weight excluding hydrogens is 513 g/mol. The highest BCUT2D eigenvalue weighted by Crippen LogP contribution is 2.45. The molecule has 0 saturated heterocycles. The van der Waals surface area contributed by atoms with E-state index in [1.165, 1.54) is 24.5 Å². The number of pyridine rings is 1. The molecule has 3 aromatic heterocycles. The van der Waals surface area contributed by atoms with Crippen LogP contribution in [0.25, 0.3) is 21.5 Å². The standard InChI is InChI=1S/C23H21Cl2N5O4S/c1-33-16-6-12(22(31)32)7-17-20(16)29-23(35-17)28-5-4-26-8-13-19(30-34-21(13)11-2-3-11)18-14(24)9-27-10-15(18)25/h6-7,9-11,26H,2-5,8H2,1H3,(H,28,29)(H,31,32). The Balaban J connectivity index is 1.26. The molecule has 182 valence electrons. The zero-order chi connectivity index (χ0) is 24.5. The number of aromatic carboxylic acids is 1. The summed E-state index contributed by atoms with van der Waals surface area (Å²) in [6, 6.07) is 3.08. The summed E-state index contributed by atoms with van der Waals surface area (Å²) in [6.45, 7) is 1.78. The third-order valence-corrected chi connectivity index (χ3v) is 7.20. The van der Waals surface area contributed by atoms with Crippen LogP contribution in [0.1, 0.15) is 40.4 Å². The maximum Gasteiger partial charge on any atom is 0.335 e. The van der Waals surface area contributed by atoms with E-state index in [4.69, 9.17) is 32.5 Å². The van der Waals surface area contributed by atoms with Gasteiger partial charge < -0.3 is 25.0 Å². The summed E-state index contributed by atoms with van der Waals surface area (Å²) in [5, 5.41) is 21.8. The molecule has 3 N–H and O–H groups in total. The minimum absolute atomic E-state index is 0.164. The number of halogens is 2. The Kier molecular flexibility index (Phi) is 6.79. The zero-order valence-electron chi connectivity index (χ0n) is 18.6. The first-order chi connectivity index (χ1) is 17.0. The number of benzene rings is 1. The van der Waals surface area contributed by atoms with Crippen LogP contribution in [0.15, 0.2) is 29.0 Å². The Bertz CT molecular complexity index is 1380. The lowest BCUT2D eigenvalue weighted by Gasteiger charge is -2.09. The van der Waals surface area contributed by atoms with Gasteiger partial charge >= 0.3 is 5.97 Å². The number of carboxylic acid groups (broad SMARTS) is 1. The van der Waals surface area contributed by atoms with Gasteiger partial charge in [-0.25, -0.2) is 9.78 Å². The Morgan fingerprint density at radius 2 is 2.03 bits per heavy atom. The highest BCUT2D eigenvalue weighted by Gasteiger charge is 2.33. The van der Waals surface area contributed by atoms with Crippen molar-refractivity contribution in [2.24, 2.45) is 0 Å². The predicted molar refractivity (Wildman–Crippen MR) is 135 cm³/mol. The summed E-state index contributed by atoms with van der Waals surface area (Å²) in [7, 11) is 1.50. The van der Waals surface area contributed by atoms with Crippen molar-refractivity contribution in [1.82, 2.24) is 20.4 Å². The van der Waals surface area contributed by atoms with Crippen molar-refractivity contribution in [3.8, 4) is 17.0 Å². The summed E-state index contributed by atoms with van der Waals surface area (Å²) < 4.78 is 11.7. The fourth-order valence-corrected chi connectivity index (χ4v) is 5.31. The number of carboxylic acids is 1. The smallest absolute Gasteiger partial charge is 0.335 e. The number of thiazole rings is 1. The number of rotatable bonds is 10. The van der Waals surface area contributed by atoms with Gasteiger partial charge in [0, 0.05) is 49.1 Å². The molecule has 35 heavy (non-hydrogen) atoms. The fourth-order valence-electron chi connectivity index (χ4n) is 3.82. The van der Waals surface area contributed by atoms with Crippen LogP contribution in [0.4, 0.5) is 5.13 Å². The monoisotopic (exact) mass is 533 g/mol. The topological polar surface area (TPSA) is 122 Å². The lowest BCUT2D eigenvalue weighted by Crippen LogP contribution is -2.22. The maximum absolute atomic E-state index is 11.4. The molecule has 0 spiro atoms. The highest BCUT2D eigenvalue weighted by molar-refractivity contribution is 7.22. The fraction of sp³-hybridized carbons (Fsp3) is 0.304. The Labute approximate surface area is 214 Å². The normalized spacial score (nSPS) is 13.3. The quantitative estimate of drug-likeness (QED) is 0.228. The first-order valence-corrected chi connectivity index (χ1v) is 12.5. The molecule has 1 aliphatic rings. The number of nitrogens with one attached hydrogen (secondary N) is 2. The van der Waals surface area contributed by atoms with Crippen LogP contribution in [-0.4, -0.2) is 46.4 Å². The van der Waals surface area contributed by atoms with Crippen molar-refractivity contribution in [2.45, 2.75) is 25.3 Å². The van der Waals surface area contributed by atoms with Crippen LogP contribution in [0.5, 0.6) is 5.75 Å². The molecule has 0 amide bonds. The van der Waals surface area contributed by atoms with E-state index in [0.717, 1.165) is 28.9 Å². The molecule has 0 radical (unpaired) electrons. The molecule has 9 nitrogen and oxygen atoms in total. The lowest BCUT2D eigenvalue weighted by molar-refractivity contribution is 0.0696. The molecule has 0 bridgehead atoms. The lowest BCUT2D eigenvalue weighted by atomic mass is 10.0. The van der Waals surface area contributed by atoms with Gasteiger partial charge in [0.1, 0.15) is 22.7 Å². The molecule has 0 unspecified atom stereocenters. The van der Waals surface area contributed by atoms with E-state index in [1.807, 2.05) is 0 Å². The number of hydrogen-bond donors (Lipinski definition) is 3. The highest BCUT2D eigenvalue weighted by atomic mass is 35.5. The van der Waals surface area contributed by atoms with E-state index < -0.39 is 5.97 Å². The van der Waals surface area contributed by atoms with E-state index in [0.29, 0.717) is 63.3 Å². The summed E-state index contributed by atoms with van der Waals surface area (Å²) in [5.74, 6) is 0.671. The van der Waals surface area contributed by atoms with Gasteiger partial charge in [-0.3, -0.25) is 4.98 Å². The first kappa shape index (κ1) is 23.8. The molecule has 0 atom stereocenters. The SMILES string of the molecule is COc1cc(C(=O)O)cc2sc(NCCNCc3c(-c4c(Cl)cncc4Cl)noc3C3CC3)nc12. The molecule has 1 aromatic carbocycles.